The third-order valence-corrected chi connectivity index (χ3v) is 3.20. The van der Waals surface area contributed by atoms with E-state index >= 15 is 0 Å². The van der Waals surface area contributed by atoms with E-state index in [1.165, 1.54) is 0 Å². The first kappa shape index (κ1) is 17.0. The van der Waals surface area contributed by atoms with Gasteiger partial charge in [0, 0.05) is 18.2 Å². The standard InChI is InChI=1S/C16H27NO3/c1-10(2)9-20-16-12(4)7-11(3)8-13(16)15(19)14(17)5-6-18/h7-8,10,14-15,18-19H,5-6,9,17H2,1-4H3. The van der Waals surface area contributed by atoms with Crippen LogP contribution in [0.2, 0.25) is 0 Å². The van der Waals surface area contributed by atoms with E-state index in [0.29, 0.717) is 30.3 Å². The van der Waals surface area contributed by atoms with Crippen LogP contribution in [0.4, 0.5) is 0 Å². The lowest BCUT2D eigenvalue weighted by atomic mass is 9.96. The molecule has 4 N–H and O–H groups in total. The second kappa shape index (κ2) is 7.62. The molecule has 0 fully saturated rings. The van der Waals surface area contributed by atoms with Crippen LogP contribution in [-0.2, 0) is 0 Å². The minimum absolute atomic E-state index is 0.0365. The zero-order chi connectivity index (χ0) is 15.3. The minimum atomic E-state index is -0.831. The molecule has 1 aromatic carbocycles. The Morgan fingerprint density at radius 1 is 1.25 bits per heavy atom. The smallest absolute Gasteiger partial charge is 0.128 e. The number of hydrogen-bond acceptors (Lipinski definition) is 4. The van der Waals surface area contributed by atoms with Gasteiger partial charge < -0.3 is 20.7 Å². The van der Waals surface area contributed by atoms with E-state index in [2.05, 4.69) is 13.8 Å². The largest absolute Gasteiger partial charge is 0.493 e. The van der Waals surface area contributed by atoms with Gasteiger partial charge in [0.15, 0.2) is 0 Å². The molecule has 0 bridgehead atoms. The lowest BCUT2D eigenvalue weighted by molar-refractivity contribution is 0.124. The Morgan fingerprint density at radius 3 is 2.45 bits per heavy atom. The Labute approximate surface area is 121 Å². The molecule has 0 aromatic heterocycles. The van der Waals surface area contributed by atoms with Crippen LogP contribution in [0.25, 0.3) is 0 Å². The van der Waals surface area contributed by atoms with Crippen LogP contribution in [0.1, 0.15) is 43.1 Å². The van der Waals surface area contributed by atoms with Crippen molar-refractivity contribution < 1.29 is 14.9 Å². The molecule has 0 aliphatic heterocycles. The maximum Gasteiger partial charge on any atom is 0.128 e. The molecule has 114 valence electrons. The number of ether oxygens (including phenoxy) is 1. The normalized spacial score (nSPS) is 14.4. The van der Waals surface area contributed by atoms with Gasteiger partial charge in [0.25, 0.3) is 0 Å². The predicted molar refractivity (Wildman–Crippen MR) is 80.9 cm³/mol. The van der Waals surface area contributed by atoms with Gasteiger partial charge >= 0.3 is 0 Å². The van der Waals surface area contributed by atoms with Gasteiger partial charge in [-0.05, 0) is 37.8 Å². The van der Waals surface area contributed by atoms with Gasteiger partial charge in [0.1, 0.15) is 5.75 Å². The van der Waals surface area contributed by atoms with E-state index in [0.717, 1.165) is 11.1 Å². The second-order valence-electron chi connectivity index (χ2n) is 5.83. The highest BCUT2D eigenvalue weighted by atomic mass is 16.5. The first-order valence-corrected chi connectivity index (χ1v) is 7.15. The molecule has 0 aliphatic rings. The fraction of sp³-hybridized carbons (Fsp3) is 0.625. The molecular weight excluding hydrogens is 254 g/mol. The van der Waals surface area contributed by atoms with E-state index in [4.69, 9.17) is 15.6 Å². The molecule has 0 radical (unpaired) electrons. The molecule has 2 unspecified atom stereocenters. The van der Waals surface area contributed by atoms with Gasteiger partial charge in [-0.2, -0.15) is 0 Å². The van der Waals surface area contributed by atoms with Gasteiger partial charge in [0.2, 0.25) is 0 Å². The summed E-state index contributed by atoms with van der Waals surface area (Å²) >= 11 is 0. The Bertz CT molecular complexity index is 432. The molecule has 2 atom stereocenters. The summed E-state index contributed by atoms with van der Waals surface area (Å²) < 4.78 is 5.86. The first-order chi connectivity index (χ1) is 9.36. The van der Waals surface area contributed by atoms with Crippen molar-refractivity contribution in [1.82, 2.24) is 0 Å². The van der Waals surface area contributed by atoms with Gasteiger partial charge in [-0.1, -0.05) is 25.5 Å². The summed E-state index contributed by atoms with van der Waals surface area (Å²) in [4.78, 5) is 0. The molecule has 0 saturated carbocycles. The molecular formula is C16H27NO3. The summed E-state index contributed by atoms with van der Waals surface area (Å²) in [6, 6.07) is 3.44. The van der Waals surface area contributed by atoms with Crippen LogP contribution in [0.15, 0.2) is 12.1 Å². The zero-order valence-corrected chi connectivity index (χ0v) is 12.9. The highest BCUT2D eigenvalue weighted by molar-refractivity contribution is 5.45. The summed E-state index contributed by atoms with van der Waals surface area (Å²) in [7, 11) is 0. The van der Waals surface area contributed by atoms with Crippen molar-refractivity contribution in [2.75, 3.05) is 13.2 Å². The third-order valence-electron chi connectivity index (χ3n) is 3.20. The topological polar surface area (TPSA) is 75.7 Å². The van der Waals surface area contributed by atoms with Crippen molar-refractivity contribution in [2.45, 2.75) is 46.3 Å². The zero-order valence-electron chi connectivity index (χ0n) is 12.9. The number of benzene rings is 1. The molecule has 1 aromatic rings. The summed E-state index contributed by atoms with van der Waals surface area (Å²) in [5.74, 6) is 1.12. The predicted octanol–water partition coefficient (Wildman–Crippen LogP) is 2.08. The van der Waals surface area contributed by atoms with Crippen molar-refractivity contribution in [3.63, 3.8) is 0 Å². The maximum atomic E-state index is 10.4. The van der Waals surface area contributed by atoms with Crippen LogP contribution in [0.5, 0.6) is 5.75 Å². The molecule has 0 saturated heterocycles. The Kier molecular flexibility index (Phi) is 6.46. The Hall–Kier alpha value is -1.10. The average Bonchev–Trinajstić information content (AvgIpc) is 2.36. The molecule has 4 nitrogen and oxygen atoms in total. The lowest BCUT2D eigenvalue weighted by Gasteiger charge is -2.23. The van der Waals surface area contributed by atoms with E-state index in [-0.39, 0.29) is 6.61 Å². The van der Waals surface area contributed by atoms with Gasteiger partial charge in [-0.15, -0.1) is 0 Å². The van der Waals surface area contributed by atoms with E-state index < -0.39 is 12.1 Å². The number of rotatable bonds is 7. The molecule has 0 spiro atoms. The van der Waals surface area contributed by atoms with Crippen molar-refractivity contribution in [1.29, 1.82) is 0 Å². The number of nitrogens with two attached hydrogens (primary N) is 1. The molecule has 0 amide bonds. The third kappa shape index (κ3) is 4.47. The number of aliphatic hydroxyl groups excluding tert-OH is 2. The van der Waals surface area contributed by atoms with Crippen molar-refractivity contribution >= 4 is 0 Å². The van der Waals surface area contributed by atoms with Crippen LogP contribution in [0, 0.1) is 19.8 Å². The number of aryl methyl sites for hydroxylation is 2. The molecule has 0 aliphatic carbocycles. The van der Waals surface area contributed by atoms with Gasteiger partial charge in [-0.3, -0.25) is 0 Å². The van der Waals surface area contributed by atoms with Crippen molar-refractivity contribution in [3.05, 3.63) is 28.8 Å². The van der Waals surface area contributed by atoms with Crippen molar-refractivity contribution in [3.8, 4) is 5.75 Å². The van der Waals surface area contributed by atoms with E-state index in [9.17, 15) is 5.11 Å². The van der Waals surface area contributed by atoms with Crippen LogP contribution < -0.4 is 10.5 Å². The average molecular weight is 281 g/mol. The summed E-state index contributed by atoms with van der Waals surface area (Å²) in [6.45, 7) is 8.67. The number of hydrogen-bond donors (Lipinski definition) is 3. The Morgan fingerprint density at radius 2 is 1.90 bits per heavy atom. The lowest BCUT2D eigenvalue weighted by Crippen LogP contribution is -2.30. The monoisotopic (exact) mass is 281 g/mol. The first-order valence-electron chi connectivity index (χ1n) is 7.15. The number of aliphatic hydroxyl groups is 2. The minimum Gasteiger partial charge on any atom is -0.493 e. The van der Waals surface area contributed by atoms with Crippen LogP contribution in [-0.4, -0.2) is 29.5 Å². The van der Waals surface area contributed by atoms with E-state index in [1.54, 1.807) is 0 Å². The summed E-state index contributed by atoms with van der Waals surface area (Å²) in [5.41, 5.74) is 8.69. The second-order valence-corrected chi connectivity index (χ2v) is 5.83. The molecule has 0 heterocycles. The molecule has 4 heteroatoms. The van der Waals surface area contributed by atoms with Crippen molar-refractivity contribution in [2.24, 2.45) is 11.7 Å². The Balaban J connectivity index is 3.08. The summed E-state index contributed by atoms with van der Waals surface area (Å²) in [6.07, 6.45) is -0.472. The maximum absolute atomic E-state index is 10.4. The van der Waals surface area contributed by atoms with Crippen LogP contribution in [0.3, 0.4) is 0 Å². The van der Waals surface area contributed by atoms with E-state index in [1.807, 2.05) is 26.0 Å². The molecule has 1 rings (SSSR count). The fourth-order valence-corrected chi connectivity index (χ4v) is 2.19. The van der Waals surface area contributed by atoms with Gasteiger partial charge in [0.05, 0.1) is 12.7 Å². The van der Waals surface area contributed by atoms with Crippen LogP contribution >= 0.6 is 0 Å². The quantitative estimate of drug-likeness (QED) is 0.715. The van der Waals surface area contributed by atoms with Gasteiger partial charge in [-0.25, -0.2) is 0 Å². The summed E-state index contributed by atoms with van der Waals surface area (Å²) in [5, 5.41) is 19.4. The fourth-order valence-electron chi connectivity index (χ4n) is 2.19. The highest BCUT2D eigenvalue weighted by Crippen LogP contribution is 2.32. The highest BCUT2D eigenvalue weighted by Gasteiger charge is 2.22. The SMILES string of the molecule is Cc1cc(C)c(OCC(C)C)c(C(O)C(N)CCO)c1. The molecule has 20 heavy (non-hydrogen) atoms.